The predicted octanol–water partition coefficient (Wildman–Crippen LogP) is 1.13. The number of nitrogens with one attached hydrogen (secondary N) is 2. The van der Waals surface area contributed by atoms with Gasteiger partial charge >= 0.3 is 0 Å². The standard InChI is InChI=1S/C18H17ClN6O4/c19-14-8-4-5-9-15(14)29-12-18(27)22-21-17(26)10-25-23-16(20-24-25)11-28-13-6-2-1-3-7-13/h1-9H,10-12H2,(H,21,26)(H,22,27). The van der Waals surface area contributed by atoms with Crippen molar-refractivity contribution in [2.45, 2.75) is 13.2 Å². The van der Waals surface area contributed by atoms with Crippen molar-refractivity contribution in [1.82, 2.24) is 31.1 Å². The molecule has 3 rings (SSSR count). The Morgan fingerprint density at radius 3 is 2.48 bits per heavy atom. The van der Waals surface area contributed by atoms with E-state index in [2.05, 4.69) is 26.3 Å². The third-order valence-electron chi connectivity index (χ3n) is 3.43. The van der Waals surface area contributed by atoms with Gasteiger partial charge in [-0.25, -0.2) is 0 Å². The number of hydrogen-bond donors (Lipinski definition) is 2. The van der Waals surface area contributed by atoms with Crippen LogP contribution in [0.4, 0.5) is 0 Å². The largest absolute Gasteiger partial charge is 0.485 e. The van der Waals surface area contributed by atoms with E-state index in [1.54, 1.807) is 36.4 Å². The molecule has 0 aliphatic rings. The number of carbonyl (C=O) groups excluding carboxylic acids is 2. The summed E-state index contributed by atoms with van der Waals surface area (Å²) >= 11 is 5.93. The Balaban J connectivity index is 1.37. The van der Waals surface area contributed by atoms with Crippen LogP contribution in [0.3, 0.4) is 0 Å². The van der Waals surface area contributed by atoms with Crippen LogP contribution in [0.2, 0.25) is 5.02 Å². The van der Waals surface area contributed by atoms with Crippen LogP contribution in [-0.2, 0) is 22.7 Å². The van der Waals surface area contributed by atoms with Crippen LogP contribution >= 0.6 is 11.6 Å². The Bertz CT molecular complexity index is 966. The molecular weight excluding hydrogens is 400 g/mol. The van der Waals surface area contributed by atoms with Crippen LogP contribution in [0, 0.1) is 0 Å². The van der Waals surface area contributed by atoms with E-state index in [1.807, 2.05) is 18.2 Å². The summed E-state index contributed by atoms with van der Waals surface area (Å²) in [5.74, 6) is 0.264. The van der Waals surface area contributed by atoms with Crippen molar-refractivity contribution >= 4 is 23.4 Å². The molecule has 0 aliphatic heterocycles. The molecule has 150 valence electrons. The fourth-order valence-electron chi connectivity index (χ4n) is 2.11. The van der Waals surface area contributed by atoms with Crippen molar-refractivity contribution in [1.29, 1.82) is 0 Å². The van der Waals surface area contributed by atoms with Crippen LogP contribution in [0.15, 0.2) is 54.6 Å². The van der Waals surface area contributed by atoms with E-state index in [9.17, 15) is 9.59 Å². The number of aromatic nitrogens is 4. The maximum absolute atomic E-state index is 11.9. The molecule has 0 atom stereocenters. The van der Waals surface area contributed by atoms with Gasteiger partial charge in [-0.05, 0) is 29.5 Å². The molecule has 0 aliphatic carbocycles. The zero-order valence-electron chi connectivity index (χ0n) is 15.1. The first-order valence-corrected chi connectivity index (χ1v) is 8.87. The maximum Gasteiger partial charge on any atom is 0.276 e. The van der Waals surface area contributed by atoms with Gasteiger partial charge in [0.1, 0.15) is 18.0 Å². The zero-order valence-corrected chi connectivity index (χ0v) is 15.9. The van der Waals surface area contributed by atoms with E-state index in [0.717, 1.165) is 4.80 Å². The third kappa shape index (κ3) is 6.47. The van der Waals surface area contributed by atoms with Crippen molar-refractivity contribution in [2.75, 3.05) is 6.61 Å². The summed E-state index contributed by atoms with van der Waals surface area (Å²) in [6, 6.07) is 15.9. The molecule has 11 heteroatoms. The van der Waals surface area contributed by atoms with Gasteiger partial charge in [0.05, 0.1) is 5.02 Å². The Morgan fingerprint density at radius 1 is 0.966 bits per heavy atom. The van der Waals surface area contributed by atoms with Crippen molar-refractivity contribution in [2.24, 2.45) is 0 Å². The zero-order chi connectivity index (χ0) is 20.5. The van der Waals surface area contributed by atoms with Crippen molar-refractivity contribution in [3.8, 4) is 11.5 Å². The second-order valence-electron chi connectivity index (χ2n) is 5.65. The Morgan fingerprint density at radius 2 is 1.69 bits per heavy atom. The lowest BCUT2D eigenvalue weighted by Crippen LogP contribution is -2.45. The minimum Gasteiger partial charge on any atom is -0.485 e. The molecule has 0 saturated carbocycles. The number of para-hydroxylation sites is 2. The number of rotatable bonds is 8. The molecule has 2 amide bonds. The van der Waals surface area contributed by atoms with Crippen LogP contribution < -0.4 is 20.3 Å². The number of hydrogen-bond acceptors (Lipinski definition) is 7. The Hall–Kier alpha value is -3.66. The fourth-order valence-corrected chi connectivity index (χ4v) is 2.30. The normalized spacial score (nSPS) is 10.2. The van der Waals surface area contributed by atoms with Crippen molar-refractivity contribution < 1.29 is 19.1 Å². The molecule has 1 aromatic heterocycles. The molecule has 0 saturated heterocycles. The first kappa shape index (κ1) is 20.1. The molecule has 2 aromatic carbocycles. The van der Waals surface area contributed by atoms with Crippen LogP contribution in [0.5, 0.6) is 11.5 Å². The molecule has 0 radical (unpaired) electrons. The highest BCUT2D eigenvalue weighted by atomic mass is 35.5. The summed E-state index contributed by atoms with van der Waals surface area (Å²) in [6.45, 7) is -0.432. The molecule has 10 nitrogen and oxygen atoms in total. The molecule has 0 fully saturated rings. The molecule has 0 unspecified atom stereocenters. The highest BCUT2D eigenvalue weighted by Crippen LogP contribution is 2.22. The SMILES string of the molecule is O=C(COc1ccccc1Cl)NNC(=O)Cn1nnc(COc2ccccc2)n1. The van der Waals surface area contributed by atoms with E-state index in [-0.39, 0.29) is 19.8 Å². The van der Waals surface area contributed by atoms with E-state index >= 15 is 0 Å². The van der Waals surface area contributed by atoms with Crippen LogP contribution in [0.1, 0.15) is 5.82 Å². The predicted molar refractivity (Wildman–Crippen MR) is 102 cm³/mol. The first-order valence-electron chi connectivity index (χ1n) is 8.49. The highest BCUT2D eigenvalue weighted by molar-refractivity contribution is 6.32. The molecule has 0 bridgehead atoms. The summed E-state index contributed by atoms with van der Waals surface area (Å²) in [4.78, 5) is 24.7. The fraction of sp³-hybridized carbons (Fsp3) is 0.167. The first-order chi connectivity index (χ1) is 14.1. The smallest absolute Gasteiger partial charge is 0.276 e. The molecule has 3 aromatic rings. The lowest BCUT2D eigenvalue weighted by atomic mass is 10.3. The minimum atomic E-state index is -0.554. The third-order valence-corrected chi connectivity index (χ3v) is 3.74. The van der Waals surface area contributed by atoms with E-state index < -0.39 is 11.8 Å². The number of halogens is 1. The average Bonchev–Trinajstić information content (AvgIpc) is 3.18. The second kappa shape index (κ2) is 10.0. The number of hydrazine groups is 1. The number of nitrogens with zero attached hydrogens (tertiary/aromatic N) is 4. The average molecular weight is 417 g/mol. The molecule has 0 spiro atoms. The summed E-state index contributed by atoms with van der Waals surface area (Å²) in [5.41, 5.74) is 4.46. The summed E-state index contributed by atoms with van der Waals surface area (Å²) in [6.07, 6.45) is 0. The maximum atomic E-state index is 11.9. The second-order valence-corrected chi connectivity index (χ2v) is 6.06. The van der Waals surface area contributed by atoms with Gasteiger partial charge in [0, 0.05) is 0 Å². The van der Waals surface area contributed by atoms with E-state index in [0.29, 0.717) is 22.3 Å². The van der Waals surface area contributed by atoms with Gasteiger partial charge in [-0.15, -0.1) is 10.2 Å². The highest BCUT2D eigenvalue weighted by Gasteiger charge is 2.10. The number of amides is 2. The number of tetrazole rings is 1. The number of benzene rings is 2. The van der Waals surface area contributed by atoms with Gasteiger partial charge < -0.3 is 9.47 Å². The quantitative estimate of drug-likeness (QED) is 0.528. The monoisotopic (exact) mass is 416 g/mol. The van der Waals surface area contributed by atoms with Gasteiger partial charge in [-0.1, -0.05) is 41.9 Å². The van der Waals surface area contributed by atoms with Crippen LogP contribution in [-0.4, -0.2) is 38.6 Å². The van der Waals surface area contributed by atoms with Crippen molar-refractivity contribution in [3.63, 3.8) is 0 Å². The summed E-state index contributed by atoms with van der Waals surface area (Å²) < 4.78 is 10.8. The van der Waals surface area contributed by atoms with Gasteiger partial charge in [0.15, 0.2) is 13.2 Å². The van der Waals surface area contributed by atoms with Gasteiger partial charge in [-0.3, -0.25) is 20.4 Å². The molecule has 2 N–H and O–H groups in total. The lowest BCUT2D eigenvalue weighted by Gasteiger charge is -2.09. The summed E-state index contributed by atoms with van der Waals surface area (Å²) in [5, 5.41) is 12.0. The van der Waals surface area contributed by atoms with Gasteiger partial charge in [-0.2, -0.15) is 4.80 Å². The topological polar surface area (TPSA) is 120 Å². The summed E-state index contributed by atoms with van der Waals surface area (Å²) in [7, 11) is 0. The molecule has 1 heterocycles. The van der Waals surface area contributed by atoms with Crippen LogP contribution in [0.25, 0.3) is 0 Å². The van der Waals surface area contributed by atoms with Gasteiger partial charge in [0.2, 0.25) is 5.82 Å². The lowest BCUT2D eigenvalue weighted by molar-refractivity contribution is -0.130. The van der Waals surface area contributed by atoms with E-state index in [4.69, 9.17) is 21.1 Å². The minimum absolute atomic E-state index is 0.113. The number of ether oxygens (including phenoxy) is 2. The molecular formula is C18H17ClN6O4. The van der Waals surface area contributed by atoms with E-state index in [1.165, 1.54) is 0 Å². The molecule has 29 heavy (non-hydrogen) atoms. The van der Waals surface area contributed by atoms with Crippen molar-refractivity contribution in [3.05, 3.63) is 65.4 Å². The van der Waals surface area contributed by atoms with Gasteiger partial charge in [0.25, 0.3) is 11.8 Å². The number of carbonyl (C=O) groups is 2. The Kier molecular flexibility index (Phi) is 6.95. The Labute approximate surface area is 170 Å².